The molecule has 0 aliphatic carbocycles. The van der Waals surface area contributed by atoms with E-state index in [1.807, 2.05) is 19.2 Å². The number of nitrogens with two attached hydrogens (primary N) is 1. The second kappa shape index (κ2) is 4.96. The molecule has 1 aromatic carbocycles. The van der Waals surface area contributed by atoms with Gasteiger partial charge in [0.25, 0.3) is 0 Å². The van der Waals surface area contributed by atoms with Gasteiger partial charge in [0.05, 0.1) is 10.7 Å². The third-order valence-corrected chi connectivity index (χ3v) is 3.70. The van der Waals surface area contributed by atoms with Gasteiger partial charge in [-0.3, -0.25) is 5.41 Å². The first kappa shape index (κ1) is 13.8. The van der Waals surface area contributed by atoms with Gasteiger partial charge in [0.2, 0.25) is 0 Å². The zero-order valence-corrected chi connectivity index (χ0v) is 11.6. The fraction of sp³-hybridized carbons (Fsp3) is 0.462. The molecule has 0 amide bonds. The van der Waals surface area contributed by atoms with Gasteiger partial charge in [-0.2, -0.15) is 0 Å². The summed E-state index contributed by atoms with van der Waals surface area (Å²) in [5.74, 6) is 0.0378. The number of benzene rings is 1. The third-order valence-electron chi connectivity index (χ3n) is 3.39. The van der Waals surface area contributed by atoms with Crippen molar-refractivity contribution in [2.24, 2.45) is 5.73 Å². The Morgan fingerprint density at radius 3 is 2.47 bits per heavy atom. The molecule has 1 rings (SSSR count). The highest BCUT2D eigenvalue weighted by atomic mass is 35.5. The van der Waals surface area contributed by atoms with E-state index in [9.17, 15) is 0 Å². The van der Waals surface area contributed by atoms with Crippen LogP contribution in [0.5, 0.6) is 0 Å². The van der Waals surface area contributed by atoms with Gasteiger partial charge in [-0.25, -0.2) is 0 Å². The summed E-state index contributed by atoms with van der Waals surface area (Å²) < 4.78 is 0. The minimum atomic E-state index is 0.0378. The highest BCUT2D eigenvalue weighted by molar-refractivity contribution is 6.33. The Bertz CT molecular complexity index is 427. The molecule has 1 aromatic rings. The van der Waals surface area contributed by atoms with Crippen LogP contribution >= 0.6 is 11.6 Å². The van der Waals surface area contributed by atoms with Crippen LogP contribution in [0.15, 0.2) is 18.2 Å². The first-order chi connectivity index (χ1) is 7.79. The van der Waals surface area contributed by atoms with Gasteiger partial charge in [0, 0.05) is 18.2 Å². The van der Waals surface area contributed by atoms with Crippen LogP contribution in [0.2, 0.25) is 5.02 Å². The molecule has 0 fully saturated rings. The zero-order chi connectivity index (χ0) is 13.2. The number of amidine groups is 1. The Balaban J connectivity index is 3.12. The van der Waals surface area contributed by atoms with Crippen LogP contribution in [0, 0.1) is 5.41 Å². The van der Waals surface area contributed by atoms with E-state index >= 15 is 0 Å². The molecular formula is C13H20ClN3. The van der Waals surface area contributed by atoms with Gasteiger partial charge in [-0.15, -0.1) is 0 Å². The summed E-state index contributed by atoms with van der Waals surface area (Å²) in [4.78, 5) is 2.15. The van der Waals surface area contributed by atoms with E-state index in [4.69, 9.17) is 22.7 Å². The molecule has 0 heterocycles. The topological polar surface area (TPSA) is 53.1 Å². The molecule has 94 valence electrons. The quantitative estimate of drug-likeness (QED) is 0.639. The first-order valence-corrected chi connectivity index (χ1v) is 6.05. The average molecular weight is 254 g/mol. The van der Waals surface area contributed by atoms with Crippen LogP contribution in [-0.2, 0) is 0 Å². The fourth-order valence-electron chi connectivity index (χ4n) is 1.51. The van der Waals surface area contributed by atoms with Gasteiger partial charge in [-0.05, 0) is 38.5 Å². The highest BCUT2D eigenvalue weighted by Crippen LogP contribution is 2.31. The molecule has 0 aromatic heterocycles. The minimum absolute atomic E-state index is 0.0378. The van der Waals surface area contributed by atoms with Crippen molar-refractivity contribution in [1.29, 1.82) is 5.41 Å². The molecule has 3 N–H and O–H groups in total. The van der Waals surface area contributed by atoms with Crippen molar-refractivity contribution in [3.8, 4) is 0 Å². The number of rotatable bonds is 4. The first-order valence-electron chi connectivity index (χ1n) is 5.67. The number of nitrogen functional groups attached to an aromatic ring is 1. The molecule has 0 spiro atoms. The lowest BCUT2D eigenvalue weighted by Crippen LogP contribution is -2.40. The molecule has 4 heteroatoms. The molecule has 0 atom stereocenters. The Labute approximate surface area is 108 Å². The van der Waals surface area contributed by atoms with Crippen LogP contribution < -0.4 is 10.6 Å². The summed E-state index contributed by atoms with van der Waals surface area (Å²) in [5, 5.41) is 8.00. The summed E-state index contributed by atoms with van der Waals surface area (Å²) in [6.07, 6.45) is 1.02. The van der Waals surface area contributed by atoms with Crippen LogP contribution in [0.1, 0.15) is 32.8 Å². The maximum absolute atomic E-state index is 7.37. The smallest absolute Gasteiger partial charge is 0.122 e. The Morgan fingerprint density at radius 1 is 1.47 bits per heavy atom. The van der Waals surface area contributed by atoms with E-state index in [0.29, 0.717) is 10.6 Å². The predicted molar refractivity (Wildman–Crippen MR) is 75.2 cm³/mol. The molecule has 0 unspecified atom stereocenters. The monoisotopic (exact) mass is 253 g/mol. The largest absolute Gasteiger partial charge is 0.384 e. The van der Waals surface area contributed by atoms with Gasteiger partial charge in [0.1, 0.15) is 5.84 Å². The predicted octanol–water partition coefficient (Wildman–Crippen LogP) is 3.25. The maximum Gasteiger partial charge on any atom is 0.122 e. The fourth-order valence-corrected chi connectivity index (χ4v) is 1.82. The van der Waals surface area contributed by atoms with Gasteiger partial charge >= 0.3 is 0 Å². The van der Waals surface area contributed by atoms with Crippen LogP contribution in [0.4, 0.5) is 5.69 Å². The van der Waals surface area contributed by atoms with Crippen molar-refractivity contribution in [2.45, 2.75) is 32.7 Å². The number of hydrogen-bond donors (Lipinski definition) is 2. The van der Waals surface area contributed by atoms with Crippen molar-refractivity contribution in [2.75, 3.05) is 11.9 Å². The zero-order valence-electron chi connectivity index (χ0n) is 10.8. The molecular weight excluding hydrogens is 234 g/mol. The maximum atomic E-state index is 7.37. The lowest BCUT2D eigenvalue weighted by atomic mass is 9.99. The minimum Gasteiger partial charge on any atom is -0.384 e. The molecule has 0 radical (unpaired) electrons. The van der Waals surface area contributed by atoms with E-state index in [1.165, 1.54) is 0 Å². The van der Waals surface area contributed by atoms with E-state index < -0.39 is 0 Å². The lowest BCUT2D eigenvalue weighted by Gasteiger charge is -2.37. The highest BCUT2D eigenvalue weighted by Gasteiger charge is 2.23. The second-order valence-electron chi connectivity index (χ2n) is 4.80. The average Bonchev–Trinajstić information content (AvgIpc) is 2.27. The van der Waals surface area contributed by atoms with Crippen molar-refractivity contribution >= 4 is 23.1 Å². The summed E-state index contributed by atoms with van der Waals surface area (Å²) >= 11 is 6.24. The number of nitrogens with zero attached hydrogens (tertiary/aromatic N) is 1. The van der Waals surface area contributed by atoms with Gasteiger partial charge < -0.3 is 10.6 Å². The molecule has 17 heavy (non-hydrogen) atoms. The molecule has 3 nitrogen and oxygen atoms in total. The van der Waals surface area contributed by atoms with Crippen LogP contribution in [0.25, 0.3) is 0 Å². The number of hydrogen-bond acceptors (Lipinski definition) is 2. The Kier molecular flexibility index (Phi) is 4.04. The van der Waals surface area contributed by atoms with Crippen molar-refractivity contribution < 1.29 is 0 Å². The van der Waals surface area contributed by atoms with Crippen molar-refractivity contribution in [3.63, 3.8) is 0 Å². The molecule has 0 bridgehead atoms. The van der Waals surface area contributed by atoms with E-state index in [0.717, 1.165) is 12.1 Å². The Morgan fingerprint density at radius 2 is 2.06 bits per heavy atom. The van der Waals surface area contributed by atoms with Crippen LogP contribution in [-0.4, -0.2) is 18.4 Å². The molecule has 0 aliphatic rings. The summed E-state index contributed by atoms with van der Waals surface area (Å²) in [5.41, 5.74) is 7.09. The van der Waals surface area contributed by atoms with E-state index in [-0.39, 0.29) is 11.4 Å². The normalized spacial score (nSPS) is 11.4. The van der Waals surface area contributed by atoms with E-state index in [2.05, 4.69) is 25.7 Å². The molecule has 0 saturated heterocycles. The number of halogens is 1. The lowest BCUT2D eigenvalue weighted by molar-refractivity contribution is 0.471. The van der Waals surface area contributed by atoms with E-state index in [1.54, 1.807) is 6.07 Å². The molecule has 0 aliphatic heterocycles. The Hall–Kier alpha value is -1.22. The summed E-state index contributed by atoms with van der Waals surface area (Å²) in [7, 11) is 2.03. The summed E-state index contributed by atoms with van der Waals surface area (Å²) in [6, 6.07) is 5.48. The van der Waals surface area contributed by atoms with Gasteiger partial charge in [-0.1, -0.05) is 18.5 Å². The van der Waals surface area contributed by atoms with Gasteiger partial charge in [0.15, 0.2) is 0 Å². The summed E-state index contributed by atoms with van der Waals surface area (Å²) in [6.45, 7) is 6.48. The number of nitrogens with one attached hydrogen (secondary N) is 1. The third kappa shape index (κ3) is 2.91. The van der Waals surface area contributed by atoms with Crippen molar-refractivity contribution in [3.05, 3.63) is 28.8 Å². The second-order valence-corrected chi connectivity index (χ2v) is 5.21. The number of anilines is 1. The van der Waals surface area contributed by atoms with Crippen molar-refractivity contribution in [1.82, 2.24) is 0 Å². The SMILES string of the molecule is CCC(C)(C)N(C)c1ccc(C(=N)N)cc1Cl. The van der Waals surface area contributed by atoms with Crippen LogP contribution in [0.3, 0.4) is 0 Å². The molecule has 0 saturated carbocycles. The standard InChI is InChI=1S/C13H20ClN3/c1-5-13(2,3)17(4)11-7-6-9(12(15)16)8-10(11)14/h6-8H,5H2,1-4H3,(H3,15,16).